The number of aryl methyl sites for hydroxylation is 1. The zero-order valence-electron chi connectivity index (χ0n) is 14.7. The van der Waals surface area contributed by atoms with Crippen LogP contribution in [0.15, 0.2) is 35.5 Å². The Morgan fingerprint density at radius 2 is 2.08 bits per heavy atom. The number of thioether (sulfide) groups is 1. The molecule has 6 nitrogen and oxygen atoms in total. The second-order valence-corrected chi connectivity index (χ2v) is 7.46. The van der Waals surface area contributed by atoms with Crippen LogP contribution in [0.3, 0.4) is 0 Å². The molecular weight excluding hydrogens is 346 g/mol. The zero-order chi connectivity index (χ0) is 18.2. The summed E-state index contributed by atoms with van der Waals surface area (Å²) in [5.74, 6) is 1.79. The molecule has 7 heteroatoms. The van der Waals surface area contributed by atoms with Gasteiger partial charge in [-0.05, 0) is 24.5 Å². The van der Waals surface area contributed by atoms with E-state index in [-0.39, 0.29) is 18.2 Å². The summed E-state index contributed by atoms with van der Waals surface area (Å²) in [5.41, 5.74) is 0.729. The normalized spacial score (nSPS) is 14.3. The van der Waals surface area contributed by atoms with E-state index in [1.807, 2.05) is 30.3 Å². The van der Waals surface area contributed by atoms with E-state index in [1.165, 1.54) is 42.3 Å². The monoisotopic (exact) mass is 369 g/mol. The van der Waals surface area contributed by atoms with E-state index >= 15 is 0 Å². The van der Waals surface area contributed by atoms with Gasteiger partial charge in [-0.3, -0.25) is 14.8 Å². The highest BCUT2D eigenvalue weighted by Crippen LogP contribution is 2.28. The van der Waals surface area contributed by atoms with E-state index < -0.39 is 0 Å². The van der Waals surface area contributed by atoms with Crippen molar-refractivity contribution < 1.29 is 4.79 Å². The second-order valence-electron chi connectivity index (χ2n) is 6.52. The Hall–Kier alpha value is -2.33. The maximum Gasteiger partial charge on any atom is 0.238 e. The van der Waals surface area contributed by atoms with Crippen molar-refractivity contribution in [3.05, 3.63) is 36.2 Å². The zero-order valence-corrected chi connectivity index (χ0v) is 15.5. The number of nitriles is 1. The van der Waals surface area contributed by atoms with Crippen LogP contribution in [0, 0.1) is 17.2 Å². The Morgan fingerprint density at radius 3 is 2.81 bits per heavy atom. The minimum atomic E-state index is -0.125. The van der Waals surface area contributed by atoms with Gasteiger partial charge >= 0.3 is 0 Å². The Bertz CT molecular complexity index is 749. The van der Waals surface area contributed by atoms with Crippen molar-refractivity contribution in [2.24, 2.45) is 5.92 Å². The van der Waals surface area contributed by atoms with Crippen LogP contribution >= 0.6 is 11.8 Å². The molecule has 0 bridgehead atoms. The SMILES string of the molecule is N#CCN(C(=O)CSc1n[nH]c(CCC2CCCC2)n1)c1ccccc1. The summed E-state index contributed by atoms with van der Waals surface area (Å²) >= 11 is 1.30. The molecule has 1 aliphatic rings. The minimum absolute atomic E-state index is 0.0318. The second kappa shape index (κ2) is 9.39. The molecule has 0 unspecified atom stereocenters. The average molecular weight is 369 g/mol. The molecule has 0 radical (unpaired) electrons. The maximum atomic E-state index is 12.5. The molecule has 136 valence electrons. The fraction of sp³-hybridized carbons (Fsp3) is 0.474. The number of carbonyl (C=O) groups excluding carboxylic acids is 1. The number of para-hydroxylation sites is 1. The van der Waals surface area contributed by atoms with Crippen LogP contribution in [0.1, 0.15) is 37.9 Å². The summed E-state index contributed by atoms with van der Waals surface area (Å²) < 4.78 is 0. The quantitative estimate of drug-likeness (QED) is 0.568. The van der Waals surface area contributed by atoms with Gasteiger partial charge in [0.2, 0.25) is 11.1 Å². The van der Waals surface area contributed by atoms with E-state index in [0.29, 0.717) is 5.16 Å². The molecule has 1 aromatic heterocycles. The van der Waals surface area contributed by atoms with Crippen molar-refractivity contribution in [2.75, 3.05) is 17.2 Å². The molecule has 26 heavy (non-hydrogen) atoms. The molecular formula is C19H23N5OS. The Labute approximate surface area is 158 Å². The topological polar surface area (TPSA) is 85.7 Å². The molecule has 1 aromatic carbocycles. The van der Waals surface area contributed by atoms with E-state index in [4.69, 9.17) is 5.26 Å². The molecule has 1 saturated carbocycles. The maximum absolute atomic E-state index is 12.5. The number of anilines is 1. The van der Waals surface area contributed by atoms with Crippen molar-refractivity contribution in [3.63, 3.8) is 0 Å². The van der Waals surface area contributed by atoms with E-state index in [2.05, 4.69) is 21.3 Å². The van der Waals surface area contributed by atoms with Gasteiger partial charge in [-0.1, -0.05) is 55.6 Å². The summed E-state index contributed by atoms with van der Waals surface area (Å²) in [7, 11) is 0. The van der Waals surface area contributed by atoms with Crippen LogP contribution in [-0.4, -0.2) is 33.4 Å². The lowest BCUT2D eigenvalue weighted by molar-refractivity contribution is -0.116. The van der Waals surface area contributed by atoms with Crippen LogP contribution < -0.4 is 4.90 Å². The largest absolute Gasteiger partial charge is 0.298 e. The average Bonchev–Trinajstić information content (AvgIpc) is 3.35. The Balaban J connectivity index is 1.51. The fourth-order valence-electron chi connectivity index (χ4n) is 3.30. The number of aromatic amines is 1. The highest BCUT2D eigenvalue weighted by molar-refractivity contribution is 7.99. The number of aromatic nitrogens is 3. The van der Waals surface area contributed by atoms with E-state index in [9.17, 15) is 4.79 Å². The third kappa shape index (κ3) is 5.09. The summed E-state index contributed by atoms with van der Waals surface area (Å²) in [6.45, 7) is 0.0318. The van der Waals surface area contributed by atoms with Gasteiger partial charge < -0.3 is 0 Å². The highest BCUT2D eigenvalue weighted by Gasteiger charge is 2.18. The standard InChI is InChI=1S/C19H23N5OS/c20-12-13-24(16-8-2-1-3-9-16)18(25)14-26-19-21-17(22-23-19)11-10-15-6-4-5-7-15/h1-3,8-9,15H,4-7,10-11,13-14H2,(H,21,22,23). The molecule has 1 aliphatic carbocycles. The predicted molar refractivity (Wildman–Crippen MR) is 102 cm³/mol. The van der Waals surface area contributed by atoms with E-state index in [1.54, 1.807) is 0 Å². The van der Waals surface area contributed by atoms with Gasteiger partial charge in [0, 0.05) is 12.1 Å². The first-order valence-electron chi connectivity index (χ1n) is 9.02. The van der Waals surface area contributed by atoms with Gasteiger partial charge in [-0.2, -0.15) is 5.26 Å². The van der Waals surface area contributed by atoms with Crippen LogP contribution in [0.4, 0.5) is 5.69 Å². The molecule has 1 amide bonds. The number of benzene rings is 1. The minimum Gasteiger partial charge on any atom is -0.298 e. The molecule has 3 rings (SSSR count). The number of nitrogens with one attached hydrogen (secondary N) is 1. The lowest BCUT2D eigenvalue weighted by Gasteiger charge is -2.19. The molecule has 1 fully saturated rings. The van der Waals surface area contributed by atoms with Gasteiger partial charge in [0.1, 0.15) is 12.4 Å². The van der Waals surface area contributed by atoms with Gasteiger partial charge in [-0.15, -0.1) is 5.10 Å². The first kappa shape index (κ1) is 18.5. The Kier molecular flexibility index (Phi) is 6.67. The fourth-order valence-corrected chi connectivity index (χ4v) is 3.99. The van der Waals surface area contributed by atoms with Gasteiger partial charge in [0.25, 0.3) is 0 Å². The summed E-state index contributed by atoms with van der Waals surface area (Å²) in [6, 6.07) is 11.3. The van der Waals surface area contributed by atoms with Crippen LogP contribution in [-0.2, 0) is 11.2 Å². The lowest BCUT2D eigenvalue weighted by atomic mass is 10.0. The van der Waals surface area contributed by atoms with Crippen molar-refractivity contribution in [1.82, 2.24) is 15.2 Å². The van der Waals surface area contributed by atoms with E-state index in [0.717, 1.165) is 30.3 Å². The van der Waals surface area contributed by atoms with Crippen molar-refractivity contribution >= 4 is 23.4 Å². The van der Waals surface area contributed by atoms with Gasteiger partial charge in [-0.25, -0.2) is 4.98 Å². The Morgan fingerprint density at radius 1 is 1.31 bits per heavy atom. The third-order valence-corrected chi connectivity index (χ3v) is 5.53. The molecule has 0 aliphatic heterocycles. The molecule has 2 aromatic rings. The van der Waals surface area contributed by atoms with Gasteiger partial charge in [0.15, 0.2) is 0 Å². The predicted octanol–water partition coefficient (Wildman–Crippen LogP) is 3.58. The summed E-state index contributed by atoms with van der Waals surface area (Å²) in [5, 5.41) is 16.8. The number of H-pyrrole nitrogens is 1. The van der Waals surface area contributed by atoms with Crippen LogP contribution in [0.2, 0.25) is 0 Å². The molecule has 0 spiro atoms. The number of carbonyl (C=O) groups is 1. The first-order valence-corrected chi connectivity index (χ1v) is 10.0. The number of amides is 1. The number of nitrogens with zero attached hydrogens (tertiary/aromatic N) is 4. The van der Waals surface area contributed by atoms with Crippen LogP contribution in [0.25, 0.3) is 0 Å². The molecule has 1 N–H and O–H groups in total. The molecule has 0 atom stereocenters. The van der Waals surface area contributed by atoms with Crippen molar-refractivity contribution in [3.8, 4) is 6.07 Å². The van der Waals surface area contributed by atoms with Crippen molar-refractivity contribution in [1.29, 1.82) is 5.26 Å². The number of hydrogen-bond donors (Lipinski definition) is 1. The van der Waals surface area contributed by atoms with Gasteiger partial charge in [0.05, 0.1) is 11.8 Å². The third-order valence-electron chi connectivity index (χ3n) is 4.70. The summed E-state index contributed by atoms with van der Waals surface area (Å²) in [4.78, 5) is 18.5. The smallest absolute Gasteiger partial charge is 0.238 e. The highest BCUT2D eigenvalue weighted by atomic mass is 32.2. The number of rotatable bonds is 8. The van der Waals surface area contributed by atoms with Crippen LogP contribution in [0.5, 0.6) is 0 Å². The lowest BCUT2D eigenvalue weighted by Crippen LogP contribution is -2.32. The first-order chi connectivity index (χ1) is 12.8. The summed E-state index contributed by atoms with van der Waals surface area (Å²) in [6.07, 6.45) is 7.44. The van der Waals surface area contributed by atoms with Crippen molar-refractivity contribution in [2.45, 2.75) is 43.7 Å². The number of hydrogen-bond acceptors (Lipinski definition) is 5. The molecule has 0 saturated heterocycles. The molecule has 1 heterocycles.